The molecule has 3 atom stereocenters. The lowest BCUT2D eigenvalue weighted by Gasteiger charge is -2.32. The molecule has 3 aliphatic rings. The number of aliphatic hydroxyl groups is 1. The summed E-state index contributed by atoms with van der Waals surface area (Å²) in [6.07, 6.45) is 5.26. The first kappa shape index (κ1) is 23.2. The lowest BCUT2D eigenvalue weighted by Crippen LogP contribution is -2.44. The van der Waals surface area contributed by atoms with Gasteiger partial charge in [-0.2, -0.15) is 10.2 Å². The largest absolute Gasteiger partial charge is 0.470 e. The first-order valence-corrected chi connectivity index (χ1v) is 12.9. The Balaban J connectivity index is 1.35. The standard InChI is InChI=1S/C21H31N5O5S/c1-21(27)7-2-3-18(21)31-19-16(11-22)12-23-20(25-19)24-17-4-8-26(9-5-17)32(28,29)14-15-6-10-30-13-15/h12,15,17-18,27H,2-10,13-14H2,1H3,(H,23,24,25). The maximum atomic E-state index is 12.7. The molecule has 2 saturated heterocycles. The number of anilines is 1. The number of piperidine rings is 1. The van der Waals surface area contributed by atoms with Crippen molar-refractivity contribution < 1.29 is 23.0 Å². The van der Waals surface area contributed by atoms with Gasteiger partial charge in [-0.1, -0.05) is 0 Å². The second-order valence-corrected chi connectivity index (χ2v) is 11.2. The van der Waals surface area contributed by atoms with E-state index in [-0.39, 0.29) is 29.2 Å². The molecule has 176 valence electrons. The van der Waals surface area contributed by atoms with Gasteiger partial charge in [-0.25, -0.2) is 17.7 Å². The van der Waals surface area contributed by atoms with Crippen molar-refractivity contribution in [3.63, 3.8) is 0 Å². The van der Waals surface area contributed by atoms with E-state index in [9.17, 15) is 18.8 Å². The van der Waals surface area contributed by atoms with E-state index in [0.29, 0.717) is 57.9 Å². The van der Waals surface area contributed by atoms with Crippen molar-refractivity contribution >= 4 is 16.0 Å². The summed E-state index contributed by atoms with van der Waals surface area (Å²) in [5.74, 6) is 0.731. The van der Waals surface area contributed by atoms with E-state index in [2.05, 4.69) is 15.3 Å². The van der Waals surface area contributed by atoms with Crippen molar-refractivity contribution in [3.8, 4) is 11.9 Å². The summed E-state index contributed by atoms with van der Waals surface area (Å²) in [6, 6.07) is 2.06. The van der Waals surface area contributed by atoms with Crippen molar-refractivity contribution in [3.05, 3.63) is 11.8 Å². The zero-order valence-electron chi connectivity index (χ0n) is 18.4. The number of nitriles is 1. The molecule has 3 unspecified atom stereocenters. The van der Waals surface area contributed by atoms with Crippen molar-refractivity contribution in [1.82, 2.24) is 14.3 Å². The summed E-state index contributed by atoms with van der Waals surface area (Å²) in [5, 5.41) is 23.1. The van der Waals surface area contributed by atoms with E-state index < -0.39 is 21.7 Å². The predicted octanol–water partition coefficient (Wildman–Crippen LogP) is 1.27. The average molecular weight is 466 g/mol. The molecule has 32 heavy (non-hydrogen) atoms. The molecule has 4 rings (SSSR count). The van der Waals surface area contributed by atoms with E-state index in [1.165, 1.54) is 6.20 Å². The molecule has 0 amide bonds. The molecule has 3 fully saturated rings. The van der Waals surface area contributed by atoms with Crippen LogP contribution >= 0.6 is 0 Å². The summed E-state index contributed by atoms with van der Waals surface area (Å²) in [4.78, 5) is 8.60. The number of ether oxygens (including phenoxy) is 2. The SMILES string of the molecule is CC1(O)CCCC1Oc1nc(NC2CCN(S(=O)(=O)CC3CCOC3)CC2)ncc1C#N. The minimum atomic E-state index is -3.29. The highest BCUT2D eigenvalue weighted by Crippen LogP contribution is 2.33. The van der Waals surface area contributed by atoms with Gasteiger partial charge in [0, 0.05) is 25.7 Å². The summed E-state index contributed by atoms with van der Waals surface area (Å²) in [6.45, 7) is 3.78. The van der Waals surface area contributed by atoms with Crippen LogP contribution < -0.4 is 10.1 Å². The Bertz CT molecular complexity index is 950. The van der Waals surface area contributed by atoms with Gasteiger partial charge in [0.05, 0.1) is 24.2 Å². The highest BCUT2D eigenvalue weighted by Gasteiger charge is 2.39. The highest BCUT2D eigenvalue weighted by molar-refractivity contribution is 7.89. The van der Waals surface area contributed by atoms with E-state index in [4.69, 9.17) is 9.47 Å². The van der Waals surface area contributed by atoms with E-state index in [1.54, 1.807) is 11.2 Å². The maximum Gasteiger partial charge on any atom is 0.236 e. The van der Waals surface area contributed by atoms with Crippen LogP contribution in [0.2, 0.25) is 0 Å². The first-order valence-electron chi connectivity index (χ1n) is 11.2. The van der Waals surface area contributed by atoms with Crippen LogP contribution in [0.25, 0.3) is 0 Å². The maximum absolute atomic E-state index is 12.7. The van der Waals surface area contributed by atoms with Gasteiger partial charge in [0.15, 0.2) is 0 Å². The lowest BCUT2D eigenvalue weighted by atomic mass is 10.0. The quantitative estimate of drug-likeness (QED) is 0.610. The summed E-state index contributed by atoms with van der Waals surface area (Å²) < 4.78 is 38.2. The summed E-state index contributed by atoms with van der Waals surface area (Å²) >= 11 is 0. The van der Waals surface area contributed by atoms with Gasteiger partial charge >= 0.3 is 0 Å². The van der Waals surface area contributed by atoms with Crippen LogP contribution in [0.4, 0.5) is 5.95 Å². The molecule has 0 aromatic carbocycles. The molecule has 1 aromatic heterocycles. The highest BCUT2D eigenvalue weighted by atomic mass is 32.2. The van der Waals surface area contributed by atoms with Crippen LogP contribution in [0.5, 0.6) is 5.88 Å². The van der Waals surface area contributed by atoms with Crippen molar-refractivity contribution in [2.75, 3.05) is 37.4 Å². The Hall–Kier alpha value is -2.00. The van der Waals surface area contributed by atoms with Gasteiger partial charge in [0.1, 0.15) is 17.7 Å². The molecular formula is C21H31N5O5S. The number of nitrogens with one attached hydrogen (secondary N) is 1. The third kappa shape index (κ3) is 5.31. The molecule has 1 aromatic rings. The smallest absolute Gasteiger partial charge is 0.236 e. The predicted molar refractivity (Wildman–Crippen MR) is 117 cm³/mol. The minimum Gasteiger partial charge on any atom is -0.470 e. The monoisotopic (exact) mass is 465 g/mol. The molecule has 3 heterocycles. The van der Waals surface area contributed by atoms with Crippen LogP contribution in [0.3, 0.4) is 0 Å². The molecule has 11 heteroatoms. The van der Waals surface area contributed by atoms with Gasteiger partial charge in [0.25, 0.3) is 0 Å². The molecule has 10 nitrogen and oxygen atoms in total. The second-order valence-electron chi connectivity index (χ2n) is 9.21. The summed E-state index contributed by atoms with van der Waals surface area (Å²) in [5.41, 5.74) is -0.733. The molecule has 0 spiro atoms. The van der Waals surface area contributed by atoms with Crippen molar-refractivity contribution in [2.24, 2.45) is 5.92 Å². The zero-order valence-corrected chi connectivity index (χ0v) is 19.2. The molecule has 0 radical (unpaired) electrons. The zero-order chi connectivity index (χ0) is 22.8. The molecular weight excluding hydrogens is 434 g/mol. The number of sulfonamides is 1. The minimum absolute atomic E-state index is 0.0200. The van der Waals surface area contributed by atoms with Crippen molar-refractivity contribution in [1.29, 1.82) is 5.26 Å². The third-order valence-corrected chi connectivity index (χ3v) is 8.67. The fourth-order valence-corrected chi connectivity index (χ4v) is 6.46. The average Bonchev–Trinajstić information content (AvgIpc) is 3.37. The lowest BCUT2D eigenvalue weighted by molar-refractivity contribution is -0.0271. The Morgan fingerprint density at radius 2 is 2.16 bits per heavy atom. The van der Waals surface area contributed by atoms with Crippen LogP contribution in [-0.4, -0.2) is 77.6 Å². The van der Waals surface area contributed by atoms with E-state index >= 15 is 0 Å². The van der Waals surface area contributed by atoms with E-state index in [0.717, 1.165) is 12.8 Å². The van der Waals surface area contributed by atoms with Crippen LogP contribution in [0.1, 0.15) is 51.0 Å². The molecule has 1 saturated carbocycles. The van der Waals surface area contributed by atoms with Crippen LogP contribution in [0, 0.1) is 17.2 Å². The van der Waals surface area contributed by atoms with Crippen molar-refractivity contribution in [2.45, 2.75) is 63.2 Å². The number of nitrogens with zero attached hydrogens (tertiary/aromatic N) is 4. The van der Waals surface area contributed by atoms with E-state index in [1.807, 2.05) is 6.07 Å². The Morgan fingerprint density at radius 1 is 1.38 bits per heavy atom. The van der Waals surface area contributed by atoms with Gasteiger partial charge in [-0.05, 0) is 51.4 Å². The van der Waals surface area contributed by atoms with Gasteiger partial charge in [0.2, 0.25) is 21.9 Å². The Morgan fingerprint density at radius 3 is 2.78 bits per heavy atom. The third-order valence-electron chi connectivity index (χ3n) is 6.62. The number of hydrogen-bond acceptors (Lipinski definition) is 9. The number of aromatic nitrogens is 2. The fraction of sp³-hybridized carbons (Fsp3) is 0.762. The normalized spacial score (nSPS) is 29.7. The van der Waals surface area contributed by atoms with Crippen LogP contribution in [0.15, 0.2) is 6.20 Å². The Labute approximate surface area is 189 Å². The summed E-state index contributed by atoms with van der Waals surface area (Å²) in [7, 11) is -3.29. The second kappa shape index (κ2) is 9.47. The molecule has 2 N–H and O–H groups in total. The number of hydrogen-bond donors (Lipinski definition) is 2. The van der Waals surface area contributed by atoms with Gasteiger partial charge in [-0.3, -0.25) is 0 Å². The molecule has 2 aliphatic heterocycles. The van der Waals surface area contributed by atoms with Crippen LogP contribution in [-0.2, 0) is 14.8 Å². The molecule has 0 bridgehead atoms. The van der Waals surface area contributed by atoms with Gasteiger partial charge < -0.3 is 19.9 Å². The first-order chi connectivity index (χ1) is 15.3. The van der Waals surface area contributed by atoms with Gasteiger partial charge in [-0.15, -0.1) is 0 Å². The Kier molecular flexibility index (Phi) is 6.86. The fourth-order valence-electron chi connectivity index (χ4n) is 4.62. The molecule has 1 aliphatic carbocycles. The topological polar surface area (TPSA) is 138 Å². The number of rotatable bonds is 7.